The Hall–Kier alpha value is -1.56. The van der Waals surface area contributed by atoms with Gasteiger partial charge in [-0.2, -0.15) is 0 Å². The van der Waals surface area contributed by atoms with Gasteiger partial charge >= 0.3 is 0 Å². The summed E-state index contributed by atoms with van der Waals surface area (Å²) < 4.78 is 22.0. The number of rotatable bonds is 10. The zero-order valence-electron chi connectivity index (χ0n) is 18.1. The first-order valence-electron chi connectivity index (χ1n) is 10.3. The van der Waals surface area contributed by atoms with Crippen LogP contribution in [0.3, 0.4) is 0 Å². The van der Waals surface area contributed by atoms with Gasteiger partial charge in [-0.05, 0) is 37.6 Å². The molecule has 0 amide bonds. The third-order valence-corrected chi connectivity index (χ3v) is 5.37. The van der Waals surface area contributed by atoms with Gasteiger partial charge in [0.05, 0.1) is 33.0 Å². The maximum absolute atomic E-state index is 5.80. The predicted octanol–water partition coefficient (Wildman–Crippen LogP) is 4.45. The molecular weight excluding hydrogens is 529 g/mol. The fourth-order valence-corrected chi connectivity index (χ4v) is 3.68. The highest BCUT2D eigenvalue weighted by Crippen LogP contribution is 2.32. The van der Waals surface area contributed by atoms with Crippen molar-refractivity contribution in [3.8, 4) is 11.5 Å². The van der Waals surface area contributed by atoms with E-state index >= 15 is 0 Å². The molecule has 3 rings (SSSR count). The van der Waals surface area contributed by atoms with Gasteiger partial charge in [0.15, 0.2) is 17.5 Å². The number of benzene rings is 1. The molecular formula is C22H32IN3O4S. The summed E-state index contributed by atoms with van der Waals surface area (Å²) in [5, 5.41) is 6.77. The van der Waals surface area contributed by atoms with E-state index in [-0.39, 0.29) is 24.0 Å². The van der Waals surface area contributed by atoms with Crippen molar-refractivity contribution in [2.24, 2.45) is 4.99 Å². The van der Waals surface area contributed by atoms with Crippen molar-refractivity contribution >= 4 is 47.0 Å². The Kier molecular flexibility index (Phi) is 12.0. The Labute approximate surface area is 205 Å². The van der Waals surface area contributed by atoms with E-state index in [4.69, 9.17) is 23.9 Å². The quantitative estimate of drug-likeness (QED) is 0.193. The van der Waals surface area contributed by atoms with Crippen LogP contribution in [0.5, 0.6) is 11.5 Å². The molecule has 1 aromatic carbocycles. The monoisotopic (exact) mass is 561 g/mol. The first kappa shape index (κ1) is 25.7. The van der Waals surface area contributed by atoms with Crippen molar-refractivity contribution in [2.75, 3.05) is 52.0 Å². The van der Waals surface area contributed by atoms with Gasteiger partial charge in [-0.15, -0.1) is 35.3 Å². The molecule has 9 heteroatoms. The lowest BCUT2D eigenvalue weighted by molar-refractivity contribution is 0.0699. The van der Waals surface area contributed by atoms with Gasteiger partial charge in [0, 0.05) is 48.2 Å². The van der Waals surface area contributed by atoms with Crippen LogP contribution in [0, 0.1) is 6.92 Å². The molecule has 2 heterocycles. The fraction of sp³-hybridized carbons (Fsp3) is 0.500. The van der Waals surface area contributed by atoms with Gasteiger partial charge in [-0.25, -0.2) is 4.99 Å². The molecule has 0 unspecified atom stereocenters. The van der Waals surface area contributed by atoms with Crippen molar-refractivity contribution < 1.29 is 18.9 Å². The van der Waals surface area contributed by atoms with Crippen molar-refractivity contribution in [1.29, 1.82) is 0 Å². The number of halogens is 1. The van der Waals surface area contributed by atoms with Crippen LogP contribution in [0.25, 0.3) is 0 Å². The average molecular weight is 561 g/mol. The number of anilines is 1. The second-order valence-electron chi connectivity index (χ2n) is 6.90. The van der Waals surface area contributed by atoms with Crippen LogP contribution in [-0.2, 0) is 16.0 Å². The van der Waals surface area contributed by atoms with Crippen LogP contribution in [0.15, 0.2) is 35.3 Å². The van der Waals surface area contributed by atoms with Gasteiger partial charge in [0.1, 0.15) is 0 Å². The number of guanidine groups is 1. The van der Waals surface area contributed by atoms with Gasteiger partial charge in [-0.3, -0.25) is 0 Å². The Morgan fingerprint density at radius 2 is 1.94 bits per heavy atom. The van der Waals surface area contributed by atoms with Crippen LogP contribution in [0.4, 0.5) is 5.69 Å². The highest BCUT2D eigenvalue weighted by Gasteiger charge is 2.11. The number of nitrogens with one attached hydrogen (secondary N) is 2. The molecule has 31 heavy (non-hydrogen) atoms. The highest BCUT2D eigenvalue weighted by atomic mass is 127. The molecule has 0 aliphatic carbocycles. The van der Waals surface area contributed by atoms with Crippen LogP contribution in [0.2, 0.25) is 0 Å². The predicted molar refractivity (Wildman–Crippen MR) is 137 cm³/mol. The number of methoxy groups -OCH3 is 1. The van der Waals surface area contributed by atoms with Crippen molar-refractivity contribution in [3.05, 3.63) is 40.1 Å². The number of hydrogen-bond donors (Lipinski definition) is 2. The summed E-state index contributed by atoms with van der Waals surface area (Å²) >= 11 is 1.77. The van der Waals surface area contributed by atoms with Crippen molar-refractivity contribution in [1.82, 2.24) is 5.32 Å². The fourth-order valence-electron chi connectivity index (χ4n) is 2.87. The second kappa shape index (κ2) is 14.5. The maximum atomic E-state index is 5.80. The van der Waals surface area contributed by atoms with E-state index in [1.54, 1.807) is 18.4 Å². The topological polar surface area (TPSA) is 73.3 Å². The molecule has 0 saturated heterocycles. The summed E-state index contributed by atoms with van der Waals surface area (Å²) in [6.45, 7) is 6.75. The minimum absolute atomic E-state index is 0. The first-order valence-corrected chi connectivity index (χ1v) is 11.1. The Morgan fingerprint density at radius 3 is 2.71 bits per heavy atom. The SMILES string of the molecule is COCCOCCCNC(=NCc1ccc(C)s1)Nc1ccc2c(c1)OCCCO2.I. The van der Waals surface area contributed by atoms with Crippen LogP contribution in [0.1, 0.15) is 22.6 Å². The summed E-state index contributed by atoms with van der Waals surface area (Å²) in [5.41, 5.74) is 0.907. The maximum Gasteiger partial charge on any atom is 0.196 e. The van der Waals surface area contributed by atoms with Crippen LogP contribution < -0.4 is 20.1 Å². The van der Waals surface area contributed by atoms with Gasteiger partial charge in [0.25, 0.3) is 0 Å². The summed E-state index contributed by atoms with van der Waals surface area (Å²) in [7, 11) is 1.67. The number of aliphatic imine (C=N–C) groups is 1. The number of hydrogen-bond acceptors (Lipinski definition) is 6. The van der Waals surface area contributed by atoms with E-state index in [1.807, 2.05) is 18.2 Å². The summed E-state index contributed by atoms with van der Waals surface area (Å²) in [4.78, 5) is 7.27. The number of nitrogens with zero attached hydrogens (tertiary/aromatic N) is 1. The van der Waals surface area contributed by atoms with Crippen molar-refractivity contribution in [3.63, 3.8) is 0 Å². The minimum Gasteiger partial charge on any atom is -0.490 e. The lowest BCUT2D eigenvalue weighted by Crippen LogP contribution is -2.32. The van der Waals surface area contributed by atoms with Gasteiger partial charge in [-0.1, -0.05) is 0 Å². The highest BCUT2D eigenvalue weighted by molar-refractivity contribution is 14.0. The average Bonchev–Trinajstić information content (AvgIpc) is 3.02. The Morgan fingerprint density at radius 1 is 1.10 bits per heavy atom. The van der Waals surface area contributed by atoms with E-state index in [0.717, 1.165) is 42.5 Å². The zero-order valence-corrected chi connectivity index (χ0v) is 21.3. The summed E-state index contributed by atoms with van der Waals surface area (Å²) in [5.74, 6) is 2.27. The molecule has 172 valence electrons. The van der Waals surface area contributed by atoms with E-state index in [1.165, 1.54) is 9.75 Å². The molecule has 0 radical (unpaired) electrons. The molecule has 0 atom stereocenters. The molecule has 2 aromatic rings. The van der Waals surface area contributed by atoms with Crippen LogP contribution >= 0.6 is 35.3 Å². The van der Waals surface area contributed by atoms with E-state index in [2.05, 4.69) is 29.7 Å². The molecule has 0 saturated carbocycles. The van der Waals surface area contributed by atoms with Gasteiger partial charge < -0.3 is 29.6 Å². The zero-order chi connectivity index (χ0) is 21.0. The molecule has 0 fully saturated rings. The van der Waals surface area contributed by atoms with E-state index in [0.29, 0.717) is 39.6 Å². The molecule has 1 aromatic heterocycles. The number of ether oxygens (including phenoxy) is 4. The van der Waals surface area contributed by atoms with Gasteiger partial charge in [0.2, 0.25) is 0 Å². The largest absolute Gasteiger partial charge is 0.490 e. The third-order valence-electron chi connectivity index (χ3n) is 4.39. The molecule has 2 N–H and O–H groups in total. The third kappa shape index (κ3) is 9.22. The van der Waals surface area contributed by atoms with Crippen LogP contribution in [-0.4, -0.2) is 52.6 Å². The minimum atomic E-state index is 0. The molecule has 0 spiro atoms. The van der Waals surface area contributed by atoms with E-state index < -0.39 is 0 Å². The first-order chi connectivity index (χ1) is 14.7. The number of fused-ring (bicyclic) bond motifs is 1. The lowest BCUT2D eigenvalue weighted by atomic mass is 10.2. The van der Waals surface area contributed by atoms with Crippen molar-refractivity contribution in [2.45, 2.75) is 26.3 Å². The molecule has 1 aliphatic rings. The summed E-state index contributed by atoms with van der Waals surface area (Å²) in [6, 6.07) is 10.1. The normalized spacial score (nSPS) is 13.3. The lowest BCUT2D eigenvalue weighted by Gasteiger charge is -2.14. The Bertz CT molecular complexity index is 816. The molecule has 7 nitrogen and oxygen atoms in total. The second-order valence-corrected chi connectivity index (χ2v) is 8.27. The molecule has 0 bridgehead atoms. The van der Waals surface area contributed by atoms with E-state index in [9.17, 15) is 0 Å². The number of thiophene rings is 1. The number of aryl methyl sites for hydroxylation is 1. The standard InChI is InChI=1S/C22H31N3O4S.HI/c1-17-5-7-19(30-17)16-24-22(23-9-3-10-27-14-13-26-2)25-18-6-8-20-21(15-18)29-12-4-11-28-20;/h5-8,15H,3-4,9-14,16H2,1-2H3,(H2,23,24,25);1H. The smallest absolute Gasteiger partial charge is 0.196 e. The Balaban J connectivity index is 0.00000341. The molecule has 1 aliphatic heterocycles. The summed E-state index contributed by atoms with van der Waals surface area (Å²) in [6.07, 6.45) is 1.77.